The molecule has 5 nitrogen and oxygen atoms in total. The van der Waals surface area contributed by atoms with Gasteiger partial charge in [-0.2, -0.15) is 0 Å². The highest BCUT2D eigenvalue weighted by Gasteiger charge is 2.21. The Kier molecular flexibility index (Phi) is 5.24. The fourth-order valence-electron chi connectivity index (χ4n) is 3.58. The van der Waals surface area contributed by atoms with Gasteiger partial charge in [0.1, 0.15) is 6.61 Å². The van der Waals surface area contributed by atoms with Crippen LogP contribution in [0.15, 0.2) is 41.8 Å². The molecule has 0 atom stereocenters. The van der Waals surface area contributed by atoms with Crippen molar-refractivity contribution in [2.75, 3.05) is 33.8 Å². The van der Waals surface area contributed by atoms with E-state index in [9.17, 15) is 9.90 Å². The smallest absolute Gasteiger partial charge is 0.223 e. The van der Waals surface area contributed by atoms with E-state index in [1.807, 2.05) is 12.1 Å². The Balaban J connectivity index is 1.64. The topological polar surface area (TPSA) is 53.0 Å². The summed E-state index contributed by atoms with van der Waals surface area (Å²) in [7, 11) is 3.55. The van der Waals surface area contributed by atoms with E-state index in [1.165, 1.54) is 10.1 Å². The van der Waals surface area contributed by atoms with Crippen molar-refractivity contribution in [1.82, 2.24) is 9.80 Å². The van der Waals surface area contributed by atoms with Gasteiger partial charge in [0.15, 0.2) is 11.5 Å². The van der Waals surface area contributed by atoms with E-state index in [-0.39, 0.29) is 11.7 Å². The number of benzene rings is 2. The van der Waals surface area contributed by atoms with Crippen LogP contribution in [0.25, 0.3) is 21.2 Å². The second-order valence-electron chi connectivity index (χ2n) is 7.29. The SMILES string of the molecule is CN(C)C(=O)CCN1CCOc2c(O)cc(-c3csc4ccccc34)cc2C1. The van der Waals surface area contributed by atoms with E-state index in [1.54, 1.807) is 36.4 Å². The molecule has 0 bridgehead atoms. The molecule has 3 aromatic rings. The molecule has 0 saturated carbocycles. The van der Waals surface area contributed by atoms with E-state index < -0.39 is 0 Å². The summed E-state index contributed by atoms with van der Waals surface area (Å²) >= 11 is 1.71. The summed E-state index contributed by atoms with van der Waals surface area (Å²) in [5.41, 5.74) is 3.07. The lowest BCUT2D eigenvalue weighted by molar-refractivity contribution is -0.129. The lowest BCUT2D eigenvalue weighted by atomic mass is 10.0. The number of aromatic hydroxyl groups is 1. The van der Waals surface area contributed by atoms with Gasteiger partial charge in [-0.05, 0) is 29.1 Å². The first-order valence-corrected chi connectivity index (χ1v) is 10.3. The van der Waals surface area contributed by atoms with Gasteiger partial charge in [0.2, 0.25) is 5.91 Å². The van der Waals surface area contributed by atoms with Gasteiger partial charge in [-0.1, -0.05) is 18.2 Å². The van der Waals surface area contributed by atoms with Gasteiger partial charge in [-0.15, -0.1) is 11.3 Å². The molecule has 1 N–H and O–H groups in total. The van der Waals surface area contributed by atoms with E-state index in [0.29, 0.717) is 31.9 Å². The van der Waals surface area contributed by atoms with Crippen LogP contribution in [0.4, 0.5) is 0 Å². The standard InChI is InChI=1S/C22H24N2O3S/c1-23(2)21(26)7-8-24-9-10-27-22-16(13-24)11-15(12-19(22)25)18-14-28-20-6-4-3-5-17(18)20/h3-6,11-12,14,25H,7-10,13H2,1-2H3. The highest BCUT2D eigenvalue weighted by atomic mass is 32.1. The summed E-state index contributed by atoms with van der Waals surface area (Å²) in [6, 6.07) is 12.2. The fraction of sp³-hybridized carbons (Fsp3) is 0.318. The molecule has 0 saturated heterocycles. The Hall–Kier alpha value is -2.57. The van der Waals surface area contributed by atoms with Crippen LogP contribution in [-0.4, -0.2) is 54.6 Å². The van der Waals surface area contributed by atoms with E-state index >= 15 is 0 Å². The average Bonchev–Trinajstić information content (AvgIpc) is 3.00. The molecule has 0 radical (unpaired) electrons. The van der Waals surface area contributed by atoms with Crippen molar-refractivity contribution in [3.05, 3.63) is 47.3 Å². The highest BCUT2D eigenvalue weighted by molar-refractivity contribution is 7.17. The van der Waals surface area contributed by atoms with Crippen molar-refractivity contribution in [2.45, 2.75) is 13.0 Å². The Morgan fingerprint density at radius 1 is 1.29 bits per heavy atom. The second kappa shape index (κ2) is 7.81. The van der Waals surface area contributed by atoms with Crippen molar-refractivity contribution in [2.24, 2.45) is 0 Å². The maximum Gasteiger partial charge on any atom is 0.223 e. The minimum Gasteiger partial charge on any atom is -0.504 e. The Labute approximate surface area is 168 Å². The number of nitrogens with zero attached hydrogens (tertiary/aromatic N) is 2. The third-order valence-corrected chi connectivity index (χ3v) is 6.09. The van der Waals surface area contributed by atoms with Crippen LogP contribution in [0.5, 0.6) is 11.5 Å². The molecule has 0 unspecified atom stereocenters. The molecule has 1 aliphatic heterocycles. The molecule has 6 heteroatoms. The van der Waals surface area contributed by atoms with Gasteiger partial charge in [-0.3, -0.25) is 9.69 Å². The zero-order valence-electron chi connectivity index (χ0n) is 16.1. The number of ether oxygens (including phenoxy) is 1. The first kappa shape index (κ1) is 18.8. The molecule has 2 heterocycles. The lowest BCUT2D eigenvalue weighted by Crippen LogP contribution is -2.31. The number of hydrogen-bond acceptors (Lipinski definition) is 5. The third kappa shape index (κ3) is 3.70. The summed E-state index contributed by atoms with van der Waals surface area (Å²) in [5, 5.41) is 13.9. The first-order valence-electron chi connectivity index (χ1n) is 9.40. The van der Waals surface area contributed by atoms with Gasteiger partial charge < -0.3 is 14.7 Å². The van der Waals surface area contributed by atoms with Crippen LogP contribution in [0.3, 0.4) is 0 Å². The zero-order valence-corrected chi connectivity index (χ0v) is 17.0. The number of phenolic OH excluding ortho intramolecular Hbond substituents is 1. The van der Waals surface area contributed by atoms with Crippen LogP contribution >= 0.6 is 11.3 Å². The fourth-order valence-corrected chi connectivity index (χ4v) is 4.55. The summed E-state index contributed by atoms with van der Waals surface area (Å²) in [4.78, 5) is 15.8. The minimum absolute atomic E-state index is 0.117. The number of carbonyl (C=O) groups is 1. The zero-order chi connectivity index (χ0) is 19.7. The normalized spacial score (nSPS) is 14.4. The van der Waals surface area contributed by atoms with Crippen molar-refractivity contribution < 1.29 is 14.6 Å². The average molecular weight is 397 g/mol. The molecule has 2 aromatic carbocycles. The van der Waals surface area contributed by atoms with Gasteiger partial charge >= 0.3 is 0 Å². The predicted octanol–water partition coefficient (Wildman–Crippen LogP) is 3.95. The molecule has 0 spiro atoms. The highest BCUT2D eigenvalue weighted by Crippen LogP contribution is 2.41. The van der Waals surface area contributed by atoms with Gasteiger partial charge in [0.25, 0.3) is 0 Å². The third-order valence-electron chi connectivity index (χ3n) is 5.13. The molecular weight excluding hydrogens is 372 g/mol. The lowest BCUT2D eigenvalue weighted by Gasteiger charge is -2.20. The largest absolute Gasteiger partial charge is 0.504 e. The van der Waals surface area contributed by atoms with Crippen molar-refractivity contribution in [1.29, 1.82) is 0 Å². The van der Waals surface area contributed by atoms with Crippen LogP contribution in [-0.2, 0) is 11.3 Å². The van der Waals surface area contributed by atoms with Crippen LogP contribution in [0, 0.1) is 0 Å². The number of phenols is 1. The summed E-state index contributed by atoms with van der Waals surface area (Å²) < 4.78 is 7.07. The number of rotatable bonds is 4. The minimum atomic E-state index is 0.117. The maximum absolute atomic E-state index is 11.9. The first-order chi connectivity index (χ1) is 13.5. The second-order valence-corrected chi connectivity index (χ2v) is 8.20. The van der Waals surface area contributed by atoms with Crippen molar-refractivity contribution >= 4 is 27.3 Å². The molecule has 1 aromatic heterocycles. The molecule has 0 fully saturated rings. The van der Waals surface area contributed by atoms with Gasteiger partial charge in [-0.25, -0.2) is 0 Å². The van der Waals surface area contributed by atoms with Crippen molar-refractivity contribution in [3.8, 4) is 22.6 Å². The molecule has 1 amide bonds. The number of thiophene rings is 1. The predicted molar refractivity (Wildman–Crippen MR) is 113 cm³/mol. The molecule has 28 heavy (non-hydrogen) atoms. The van der Waals surface area contributed by atoms with Crippen LogP contribution in [0.1, 0.15) is 12.0 Å². The van der Waals surface area contributed by atoms with E-state index in [0.717, 1.165) is 23.2 Å². The summed E-state index contributed by atoms with van der Waals surface area (Å²) in [6.07, 6.45) is 0.475. The van der Waals surface area contributed by atoms with E-state index in [4.69, 9.17) is 4.74 Å². The number of carbonyl (C=O) groups excluding carboxylic acids is 1. The van der Waals surface area contributed by atoms with Gasteiger partial charge in [0.05, 0.1) is 0 Å². The van der Waals surface area contributed by atoms with Crippen molar-refractivity contribution in [3.63, 3.8) is 0 Å². The van der Waals surface area contributed by atoms with Gasteiger partial charge in [0, 0.05) is 61.4 Å². The summed E-state index contributed by atoms with van der Waals surface area (Å²) in [6.45, 7) is 2.55. The number of fused-ring (bicyclic) bond motifs is 2. The molecule has 4 rings (SSSR count). The van der Waals surface area contributed by atoms with Crippen LogP contribution in [0.2, 0.25) is 0 Å². The van der Waals surface area contributed by atoms with Crippen LogP contribution < -0.4 is 4.74 Å². The quantitative estimate of drug-likeness (QED) is 0.726. The van der Waals surface area contributed by atoms with E-state index in [2.05, 4.69) is 28.5 Å². The Morgan fingerprint density at radius 2 is 2.11 bits per heavy atom. The molecule has 1 aliphatic rings. The molecule has 0 aliphatic carbocycles. The number of hydrogen-bond donors (Lipinski definition) is 1. The number of amides is 1. The Morgan fingerprint density at radius 3 is 2.93 bits per heavy atom. The molecule has 146 valence electrons. The summed E-state index contributed by atoms with van der Waals surface area (Å²) in [5.74, 6) is 0.852. The Bertz CT molecular complexity index is 1010. The monoisotopic (exact) mass is 396 g/mol. The molecular formula is C22H24N2O3S. The maximum atomic E-state index is 11.9.